The molecule has 5 nitrogen and oxygen atoms in total. The van der Waals surface area contributed by atoms with Crippen LogP contribution >= 0.6 is 7.60 Å². The van der Waals surface area contributed by atoms with E-state index in [1.54, 1.807) is 0 Å². The van der Waals surface area contributed by atoms with Crippen molar-refractivity contribution in [1.29, 1.82) is 0 Å². The zero-order chi connectivity index (χ0) is 11.9. The van der Waals surface area contributed by atoms with Crippen LogP contribution in [0.3, 0.4) is 0 Å². The average molecular weight is 252 g/mol. The molecule has 2 N–H and O–H groups in total. The zero-order valence-electron chi connectivity index (χ0n) is 9.51. The van der Waals surface area contributed by atoms with E-state index in [4.69, 9.17) is 19.3 Å². The summed E-state index contributed by atoms with van der Waals surface area (Å²) >= 11 is 0. The number of hydrogen-bond donors (Lipinski definition) is 2. The molecule has 0 saturated carbocycles. The van der Waals surface area contributed by atoms with Gasteiger partial charge in [0.05, 0.1) is 0 Å². The third kappa shape index (κ3) is 7.36. The summed E-state index contributed by atoms with van der Waals surface area (Å²) in [7, 11) is -3.81. The van der Waals surface area contributed by atoms with Crippen molar-refractivity contribution in [2.75, 3.05) is 19.4 Å². The molecule has 6 heteroatoms. The van der Waals surface area contributed by atoms with Gasteiger partial charge in [-0.3, -0.25) is 4.57 Å². The van der Waals surface area contributed by atoms with Gasteiger partial charge in [-0.25, -0.2) is 0 Å². The van der Waals surface area contributed by atoms with Crippen LogP contribution < -0.4 is 0 Å². The van der Waals surface area contributed by atoms with E-state index in [0.717, 1.165) is 38.7 Å². The number of ether oxygens (including phenoxy) is 2. The molecular weight excluding hydrogens is 231 g/mol. The highest BCUT2D eigenvalue weighted by Crippen LogP contribution is 2.35. The second-order valence-corrected chi connectivity index (χ2v) is 5.89. The molecule has 0 spiro atoms. The van der Waals surface area contributed by atoms with Crippen LogP contribution in [0.1, 0.15) is 38.5 Å². The molecule has 1 aliphatic rings. The fourth-order valence-corrected chi connectivity index (χ4v) is 2.29. The van der Waals surface area contributed by atoms with Crippen molar-refractivity contribution in [3.8, 4) is 0 Å². The first-order valence-corrected chi connectivity index (χ1v) is 7.65. The Morgan fingerprint density at radius 1 is 1.25 bits per heavy atom. The minimum Gasteiger partial charge on any atom is -0.353 e. The van der Waals surface area contributed by atoms with E-state index in [2.05, 4.69) is 0 Å². The molecule has 1 saturated heterocycles. The van der Waals surface area contributed by atoms with E-state index < -0.39 is 7.60 Å². The third-order valence-electron chi connectivity index (χ3n) is 2.54. The van der Waals surface area contributed by atoms with Gasteiger partial charge in [0.15, 0.2) is 6.29 Å². The highest BCUT2D eigenvalue weighted by Gasteiger charge is 2.14. The Balaban J connectivity index is 1.89. The molecule has 0 amide bonds. The molecule has 0 aromatic carbocycles. The average Bonchev–Trinajstić information content (AvgIpc) is 2.23. The van der Waals surface area contributed by atoms with Crippen molar-refractivity contribution in [1.82, 2.24) is 0 Å². The van der Waals surface area contributed by atoms with E-state index >= 15 is 0 Å². The standard InChI is InChI=1S/C10H21O5P/c11-16(12,13)9-5-1-3-7-14-10-6-2-4-8-15-10/h10H,1-9H2,(H2,11,12,13). The van der Waals surface area contributed by atoms with Crippen molar-refractivity contribution in [2.24, 2.45) is 0 Å². The van der Waals surface area contributed by atoms with Gasteiger partial charge in [0, 0.05) is 19.4 Å². The van der Waals surface area contributed by atoms with Crippen LogP contribution in [0.2, 0.25) is 0 Å². The SMILES string of the molecule is O=P(O)(O)CCCCCOC1CCCCO1. The Hall–Kier alpha value is 0.0700. The molecule has 1 fully saturated rings. The fraction of sp³-hybridized carbons (Fsp3) is 1.00. The normalized spacial score (nSPS) is 22.2. The van der Waals surface area contributed by atoms with Gasteiger partial charge in [-0.1, -0.05) is 6.42 Å². The number of rotatable bonds is 7. The lowest BCUT2D eigenvalue weighted by Crippen LogP contribution is -2.22. The molecule has 0 bridgehead atoms. The third-order valence-corrected chi connectivity index (χ3v) is 3.43. The van der Waals surface area contributed by atoms with Gasteiger partial charge in [0.2, 0.25) is 0 Å². The van der Waals surface area contributed by atoms with Crippen LogP contribution in [0, 0.1) is 0 Å². The summed E-state index contributed by atoms with van der Waals surface area (Å²) in [5, 5.41) is 0. The van der Waals surface area contributed by atoms with Gasteiger partial charge < -0.3 is 19.3 Å². The van der Waals surface area contributed by atoms with Crippen LogP contribution in [-0.4, -0.2) is 35.5 Å². The maximum Gasteiger partial charge on any atom is 0.325 e. The van der Waals surface area contributed by atoms with Crippen LogP contribution in [0.5, 0.6) is 0 Å². The molecule has 0 aromatic rings. The minimum absolute atomic E-state index is 0.0209. The molecule has 1 rings (SSSR count). The summed E-state index contributed by atoms with van der Waals surface area (Å²) in [6, 6.07) is 0. The predicted molar refractivity (Wildman–Crippen MR) is 60.3 cm³/mol. The lowest BCUT2D eigenvalue weighted by atomic mass is 10.2. The molecular formula is C10H21O5P. The van der Waals surface area contributed by atoms with Crippen LogP contribution in [0.15, 0.2) is 0 Å². The van der Waals surface area contributed by atoms with Gasteiger partial charge in [0.25, 0.3) is 0 Å². The molecule has 96 valence electrons. The van der Waals surface area contributed by atoms with Crippen molar-refractivity contribution in [2.45, 2.75) is 44.8 Å². The first kappa shape index (κ1) is 14.1. The summed E-state index contributed by atoms with van der Waals surface area (Å²) in [4.78, 5) is 17.3. The largest absolute Gasteiger partial charge is 0.353 e. The van der Waals surface area contributed by atoms with Crippen molar-refractivity contribution in [3.05, 3.63) is 0 Å². The van der Waals surface area contributed by atoms with Gasteiger partial charge in [-0.05, 0) is 32.1 Å². The molecule has 1 aliphatic heterocycles. The van der Waals surface area contributed by atoms with E-state index in [1.165, 1.54) is 0 Å². The summed E-state index contributed by atoms with van der Waals surface area (Å²) in [5.41, 5.74) is 0. The lowest BCUT2D eigenvalue weighted by molar-refractivity contribution is -0.162. The Bertz CT molecular complexity index is 221. The van der Waals surface area contributed by atoms with Crippen LogP contribution in [-0.2, 0) is 14.0 Å². The highest BCUT2D eigenvalue weighted by atomic mass is 31.2. The van der Waals surface area contributed by atoms with E-state index in [-0.39, 0.29) is 12.5 Å². The Labute approximate surface area is 96.3 Å². The van der Waals surface area contributed by atoms with E-state index in [1.807, 2.05) is 0 Å². The molecule has 1 heterocycles. The van der Waals surface area contributed by atoms with E-state index in [0.29, 0.717) is 13.0 Å². The maximum absolute atomic E-state index is 10.6. The zero-order valence-corrected chi connectivity index (χ0v) is 10.4. The second-order valence-electron chi connectivity index (χ2n) is 4.12. The second kappa shape index (κ2) is 7.41. The fourth-order valence-electron chi connectivity index (χ4n) is 1.65. The maximum atomic E-state index is 10.6. The highest BCUT2D eigenvalue weighted by molar-refractivity contribution is 7.51. The molecule has 1 atom stereocenters. The van der Waals surface area contributed by atoms with Crippen molar-refractivity contribution >= 4 is 7.60 Å². The molecule has 0 aromatic heterocycles. The summed E-state index contributed by atoms with van der Waals surface area (Å²) in [6.45, 7) is 1.40. The Morgan fingerprint density at radius 3 is 2.69 bits per heavy atom. The Kier molecular flexibility index (Phi) is 6.54. The van der Waals surface area contributed by atoms with Gasteiger partial charge >= 0.3 is 7.60 Å². The van der Waals surface area contributed by atoms with Gasteiger partial charge in [-0.15, -0.1) is 0 Å². The number of unbranched alkanes of at least 4 members (excludes halogenated alkanes) is 2. The number of hydrogen-bond acceptors (Lipinski definition) is 3. The van der Waals surface area contributed by atoms with E-state index in [9.17, 15) is 4.57 Å². The summed E-state index contributed by atoms with van der Waals surface area (Å²) in [5.74, 6) is 0. The molecule has 0 aliphatic carbocycles. The minimum atomic E-state index is -3.81. The van der Waals surface area contributed by atoms with Crippen molar-refractivity contribution < 1.29 is 23.8 Å². The first-order valence-electron chi connectivity index (χ1n) is 5.86. The van der Waals surface area contributed by atoms with Crippen LogP contribution in [0.25, 0.3) is 0 Å². The first-order chi connectivity index (χ1) is 7.58. The topological polar surface area (TPSA) is 76.0 Å². The Morgan fingerprint density at radius 2 is 2.06 bits per heavy atom. The predicted octanol–water partition coefficient (Wildman–Crippen LogP) is 1.88. The monoisotopic (exact) mass is 252 g/mol. The molecule has 16 heavy (non-hydrogen) atoms. The summed E-state index contributed by atoms with van der Waals surface area (Å²) < 4.78 is 21.4. The quantitative estimate of drug-likeness (QED) is 0.534. The summed E-state index contributed by atoms with van der Waals surface area (Å²) in [6.07, 6.45) is 5.33. The van der Waals surface area contributed by atoms with Gasteiger partial charge in [0.1, 0.15) is 0 Å². The molecule has 1 unspecified atom stereocenters. The smallest absolute Gasteiger partial charge is 0.325 e. The van der Waals surface area contributed by atoms with Crippen LogP contribution in [0.4, 0.5) is 0 Å². The molecule has 0 radical (unpaired) electrons. The lowest BCUT2D eigenvalue weighted by Gasteiger charge is -2.22. The van der Waals surface area contributed by atoms with Gasteiger partial charge in [-0.2, -0.15) is 0 Å². The van der Waals surface area contributed by atoms with Crippen molar-refractivity contribution in [3.63, 3.8) is 0 Å².